The van der Waals surface area contributed by atoms with E-state index >= 15 is 0 Å². The molecule has 20 heavy (non-hydrogen) atoms. The summed E-state index contributed by atoms with van der Waals surface area (Å²) in [7, 11) is 0. The molecule has 2 aliphatic rings. The van der Waals surface area contributed by atoms with Crippen LogP contribution in [0.4, 0.5) is 0 Å². The van der Waals surface area contributed by atoms with Crippen molar-refractivity contribution in [3.05, 3.63) is 35.9 Å². The van der Waals surface area contributed by atoms with Crippen LogP contribution in [0.25, 0.3) is 0 Å². The average molecular weight is 274 g/mol. The summed E-state index contributed by atoms with van der Waals surface area (Å²) in [5.74, 6) is 0. The Labute approximate surface area is 122 Å². The third-order valence-corrected chi connectivity index (χ3v) is 4.79. The molecule has 2 fully saturated rings. The van der Waals surface area contributed by atoms with Crippen molar-refractivity contribution in [2.24, 2.45) is 0 Å². The smallest absolute Gasteiger partial charge is 0.0648 e. The summed E-state index contributed by atoms with van der Waals surface area (Å²) in [6.45, 7) is 10.8. The molecule has 3 nitrogen and oxygen atoms in total. The molecule has 1 aromatic carbocycles. The van der Waals surface area contributed by atoms with Gasteiger partial charge in [-0.3, -0.25) is 4.90 Å². The minimum atomic E-state index is 0.164. The minimum Gasteiger partial charge on any atom is -0.379 e. The molecule has 110 valence electrons. The normalized spacial score (nSPS) is 34.2. The fourth-order valence-corrected chi connectivity index (χ4v) is 3.50. The van der Waals surface area contributed by atoms with Crippen molar-refractivity contribution < 1.29 is 4.74 Å². The quantitative estimate of drug-likeness (QED) is 0.897. The molecule has 2 unspecified atom stereocenters. The SMILES string of the molecule is CC1(C)CN(C2(C)CCOC2)C(c2ccccc2)CN1. The number of rotatable bonds is 2. The molecule has 0 spiro atoms. The first-order chi connectivity index (χ1) is 9.50. The summed E-state index contributed by atoms with van der Waals surface area (Å²) >= 11 is 0. The van der Waals surface area contributed by atoms with Gasteiger partial charge in [0.15, 0.2) is 0 Å². The Hall–Kier alpha value is -0.900. The van der Waals surface area contributed by atoms with Gasteiger partial charge in [0.05, 0.1) is 6.61 Å². The lowest BCUT2D eigenvalue weighted by Crippen LogP contribution is -2.64. The van der Waals surface area contributed by atoms with Gasteiger partial charge in [-0.25, -0.2) is 0 Å². The van der Waals surface area contributed by atoms with E-state index in [1.165, 1.54) is 5.56 Å². The van der Waals surface area contributed by atoms with Crippen LogP contribution in [0.15, 0.2) is 30.3 Å². The van der Waals surface area contributed by atoms with Crippen molar-refractivity contribution in [2.75, 3.05) is 26.3 Å². The van der Waals surface area contributed by atoms with E-state index < -0.39 is 0 Å². The van der Waals surface area contributed by atoms with Crippen molar-refractivity contribution in [1.82, 2.24) is 10.2 Å². The molecule has 2 saturated heterocycles. The number of nitrogens with one attached hydrogen (secondary N) is 1. The second kappa shape index (κ2) is 5.14. The van der Waals surface area contributed by atoms with E-state index in [-0.39, 0.29) is 11.1 Å². The number of benzene rings is 1. The van der Waals surface area contributed by atoms with E-state index in [9.17, 15) is 0 Å². The van der Waals surface area contributed by atoms with Crippen LogP contribution >= 0.6 is 0 Å². The van der Waals surface area contributed by atoms with Gasteiger partial charge in [-0.15, -0.1) is 0 Å². The van der Waals surface area contributed by atoms with Crippen molar-refractivity contribution >= 4 is 0 Å². The molecule has 0 radical (unpaired) electrons. The van der Waals surface area contributed by atoms with E-state index in [2.05, 4.69) is 61.3 Å². The topological polar surface area (TPSA) is 24.5 Å². The summed E-state index contributed by atoms with van der Waals surface area (Å²) < 4.78 is 5.70. The van der Waals surface area contributed by atoms with Gasteiger partial charge < -0.3 is 10.1 Å². The third kappa shape index (κ3) is 2.62. The lowest BCUT2D eigenvalue weighted by molar-refractivity contribution is -0.00652. The van der Waals surface area contributed by atoms with Gasteiger partial charge in [0.25, 0.3) is 0 Å². The van der Waals surface area contributed by atoms with Gasteiger partial charge in [-0.2, -0.15) is 0 Å². The first kappa shape index (κ1) is 14.1. The molecule has 3 heteroatoms. The zero-order chi connectivity index (χ0) is 14.2. The van der Waals surface area contributed by atoms with Crippen LogP contribution in [0.2, 0.25) is 0 Å². The summed E-state index contributed by atoms with van der Waals surface area (Å²) in [6, 6.07) is 11.3. The molecule has 3 rings (SSSR count). The third-order valence-electron chi connectivity index (χ3n) is 4.79. The standard InChI is InChI=1S/C17H26N2O/c1-16(2)12-19(17(3)9-10-20-13-17)15(11-18-16)14-7-5-4-6-8-14/h4-8,15,18H,9-13H2,1-3H3. The average Bonchev–Trinajstić information content (AvgIpc) is 2.87. The first-order valence-corrected chi connectivity index (χ1v) is 7.65. The van der Waals surface area contributed by atoms with Gasteiger partial charge in [0, 0.05) is 36.8 Å². The Morgan fingerprint density at radius 3 is 2.60 bits per heavy atom. The van der Waals surface area contributed by atoms with Crippen molar-refractivity contribution in [1.29, 1.82) is 0 Å². The molecule has 0 bridgehead atoms. The highest BCUT2D eigenvalue weighted by Gasteiger charge is 2.44. The van der Waals surface area contributed by atoms with E-state index in [4.69, 9.17) is 4.74 Å². The van der Waals surface area contributed by atoms with Gasteiger partial charge >= 0.3 is 0 Å². The van der Waals surface area contributed by atoms with Crippen LogP contribution in [0.5, 0.6) is 0 Å². The Morgan fingerprint density at radius 2 is 1.95 bits per heavy atom. The van der Waals surface area contributed by atoms with Crippen LogP contribution in [0, 0.1) is 0 Å². The molecule has 2 heterocycles. The second-order valence-corrected chi connectivity index (χ2v) is 7.12. The van der Waals surface area contributed by atoms with E-state index in [0.717, 1.165) is 32.7 Å². The Kier molecular flexibility index (Phi) is 3.61. The number of piperazine rings is 1. The summed E-state index contributed by atoms with van der Waals surface area (Å²) in [5, 5.41) is 3.70. The van der Waals surface area contributed by atoms with Gasteiger partial charge in [-0.1, -0.05) is 30.3 Å². The maximum absolute atomic E-state index is 5.70. The molecule has 0 amide bonds. The number of hydrogen-bond acceptors (Lipinski definition) is 3. The number of nitrogens with zero attached hydrogens (tertiary/aromatic N) is 1. The molecule has 2 aliphatic heterocycles. The minimum absolute atomic E-state index is 0.164. The van der Waals surface area contributed by atoms with Crippen LogP contribution < -0.4 is 5.32 Å². The summed E-state index contributed by atoms with van der Waals surface area (Å²) in [6.07, 6.45) is 1.13. The van der Waals surface area contributed by atoms with Crippen molar-refractivity contribution in [3.8, 4) is 0 Å². The molecular formula is C17H26N2O. The van der Waals surface area contributed by atoms with E-state index in [1.54, 1.807) is 0 Å². The summed E-state index contributed by atoms with van der Waals surface area (Å²) in [4.78, 5) is 2.67. The van der Waals surface area contributed by atoms with Crippen LogP contribution in [-0.2, 0) is 4.74 Å². The van der Waals surface area contributed by atoms with Crippen LogP contribution in [0.3, 0.4) is 0 Å². The maximum Gasteiger partial charge on any atom is 0.0648 e. The monoisotopic (exact) mass is 274 g/mol. The first-order valence-electron chi connectivity index (χ1n) is 7.65. The maximum atomic E-state index is 5.70. The lowest BCUT2D eigenvalue weighted by atomic mass is 9.87. The van der Waals surface area contributed by atoms with Crippen LogP contribution in [0.1, 0.15) is 38.8 Å². The zero-order valence-corrected chi connectivity index (χ0v) is 12.9. The van der Waals surface area contributed by atoms with Gasteiger partial charge in [0.2, 0.25) is 0 Å². The van der Waals surface area contributed by atoms with Gasteiger partial charge in [-0.05, 0) is 32.8 Å². The zero-order valence-electron chi connectivity index (χ0n) is 12.9. The van der Waals surface area contributed by atoms with Crippen molar-refractivity contribution in [3.63, 3.8) is 0 Å². The Bertz CT molecular complexity index is 451. The molecule has 0 aliphatic carbocycles. The fourth-order valence-electron chi connectivity index (χ4n) is 3.50. The highest BCUT2D eigenvalue weighted by atomic mass is 16.5. The van der Waals surface area contributed by atoms with Crippen molar-refractivity contribution in [2.45, 2.75) is 44.3 Å². The number of ether oxygens (including phenoxy) is 1. The largest absolute Gasteiger partial charge is 0.379 e. The second-order valence-electron chi connectivity index (χ2n) is 7.12. The molecule has 0 saturated carbocycles. The predicted octanol–water partition coefficient (Wildman–Crippen LogP) is 2.59. The highest BCUT2D eigenvalue weighted by molar-refractivity contribution is 5.22. The summed E-state index contributed by atoms with van der Waals surface area (Å²) in [5.41, 5.74) is 1.74. The number of hydrogen-bond donors (Lipinski definition) is 1. The lowest BCUT2D eigenvalue weighted by Gasteiger charge is -2.51. The molecule has 1 aromatic rings. The van der Waals surface area contributed by atoms with Crippen LogP contribution in [-0.4, -0.2) is 42.3 Å². The molecule has 1 N–H and O–H groups in total. The highest BCUT2D eigenvalue weighted by Crippen LogP contribution is 2.37. The molecular weight excluding hydrogens is 248 g/mol. The van der Waals surface area contributed by atoms with E-state index in [0.29, 0.717) is 6.04 Å². The van der Waals surface area contributed by atoms with Gasteiger partial charge in [0.1, 0.15) is 0 Å². The predicted molar refractivity (Wildman–Crippen MR) is 81.8 cm³/mol. The fraction of sp³-hybridized carbons (Fsp3) is 0.647. The Balaban J connectivity index is 1.91. The Morgan fingerprint density at radius 1 is 1.20 bits per heavy atom. The molecule has 2 atom stereocenters. The molecule has 0 aromatic heterocycles. The van der Waals surface area contributed by atoms with E-state index in [1.807, 2.05) is 0 Å².